The fourth-order valence-electron chi connectivity index (χ4n) is 6.50. The zero-order chi connectivity index (χ0) is 27.5. The van der Waals surface area contributed by atoms with Crippen molar-refractivity contribution in [3.8, 4) is 5.75 Å². The highest BCUT2D eigenvalue weighted by atomic mass is 16.3. The molecule has 0 saturated carbocycles. The zero-order valence-electron chi connectivity index (χ0n) is 23.9. The van der Waals surface area contributed by atoms with E-state index in [4.69, 9.17) is 0 Å². The van der Waals surface area contributed by atoms with Gasteiger partial charge in [-0.05, 0) is 97.5 Å². The molecule has 0 spiro atoms. The van der Waals surface area contributed by atoms with E-state index in [1.54, 1.807) is 6.07 Å². The van der Waals surface area contributed by atoms with Gasteiger partial charge in [0.05, 0.1) is 0 Å². The van der Waals surface area contributed by atoms with Gasteiger partial charge in [-0.2, -0.15) is 0 Å². The molecule has 0 aromatic heterocycles. The normalized spacial score (nSPS) is 18.9. The van der Waals surface area contributed by atoms with Crippen LogP contribution in [0.5, 0.6) is 5.75 Å². The van der Waals surface area contributed by atoms with E-state index in [1.807, 2.05) is 43.0 Å². The summed E-state index contributed by atoms with van der Waals surface area (Å²) in [6.45, 7) is 10.9. The number of hydrogen-bond acceptors (Lipinski definition) is 3. The Morgan fingerprint density at radius 2 is 1.49 bits per heavy atom. The van der Waals surface area contributed by atoms with Crippen LogP contribution in [0.25, 0.3) is 5.57 Å². The van der Waals surface area contributed by atoms with Crippen molar-refractivity contribution < 1.29 is 9.90 Å². The summed E-state index contributed by atoms with van der Waals surface area (Å²) >= 11 is 0. The Balaban J connectivity index is 1.44. The molecule has 3 aromatic carbocycles. The van der Waals surface area contributed by atoms with Gasteiger partial charge in [-0.25, -0.2) is 0 Å². The number of fused-ring (bicyclic) bond motifs is 2. The molecule has 2 bridgehead atoms. The van der Waals surface area contributed by atoms with E-state index in [1.165, 1.54) is 35.1 Å². The van der Waals surface area contributed by atoms with E-state index in [0.29, 0.717) is 31.1 Å². The Labute approximate surface area is 234 Å². The van der Waals surface area contributed by atoms with E-state index >= 15 is 0 Å². The molecule has 0 aliphatic carbocycles. The van der Waals surface area contributed by atoms with Crippen LogP contribution in [0.15, 0.2) is 78.4 Å². The molecule has 1 amide bonds. The predicted molar refractivity (Wildman–Crippen MR) is 160 cm³/mol. The van der Waals surface area contributed by atoms with E-state index in [-0.39, 0.29) is 11.7 Å². The Morgan fingerprint density at radius 3 is 2.05 bits per heavy atom. The van der Waals surface area contributed by atoms with Crippen LogP contribution >= 0.6 is 0 Å². The van der Waals surface area contributed by atoms with Gasteiger partial charge in [0.2, 0.25) is 0 Å². The van der Waals surface area contributed by atoms with Gasteiger partial charge in [0.15, 0.2) is 0 Å². The quantitative estimate of drug-likeness (QED) is 0.331. The first kappa shape index (κ1) is 27.2. The second-order valence-corrected chi connectivity index (χ2v) is 11.4. The van der Waals surface area contributed by atoms with Gasteiger partial charge in [-0.1, -0.05) is 68.0 Å². The van der Waals surface area contributed by atoms with Crippen LogP contribution in [-0.4, -0.2) is 46.0 Å². The molecule has 0 radical (unpaired) electrons. The molecule has 4 nitrogen and oxygen atoms in total. The van der Waals surface area contributed by atoms with Crippen LogP contribution in [0.3, 0.4) is 0 Å². The SMILES string of the molecule is CCN(CC)C(=O)c1ccc(C(=C2CC3CCC(C2)N3Cc2ccc(C(C)C)cc2)c2cccc(O)c2)cc1. The van der Waals surface area contributed by atoms with Crippen molar-refractivity contribution in [3.63, 3.8) is 0 Å². The molecule has 2 saturated heterocycles. The summed E-state index contributed by atoms with van der Waals surface area (Å²) in [5.74, 6) is 0.910. The number of nitrogens with zero attached hydrogens (tertiary/aromatic N) is 2. The maximum Gasteiger partial charge on any atom is 0.253 e. The Bertz CT molecular complexity index is 1300. The van der Waals surface area contributed by atoms with Crippen LogP contribution < -0.4 is 0 Å². The second-order valence-electron chi connectivity index (χ2n) is 11.4. The number of rotatable bonds is 8. The third-order valence-corrected chi connectivity index (χ3v) is 8.71. The fraction of sp³-hybridized carbons (Fsp3) is 0.400. The highest BCUT2D eigenvalue weighted by Crippen LogP contribution is 2.44. The average molecular weight is 523 g/mol. The van der Waals surface area contributed by atoms with E-state index < -0.39 is 0 Å². The third-order valence-electron chi connectivity index (χ3n) is 8.71. The number of benzene rings is 3. The van der Waals surface area contributed by atoms with Crippen LogP contribution in [-0.2, 0) is 6.54 Å². The molecule has 2 unspecified atom stereocenters. The summed E-state index contributed by atoms with van der Waals surface area (Å²) in [6.07, 6.45) is 4.52. The van der Waals surface area contributed by atoms with Crippen LogP contribution in [0, 0.1) is 0 Å². The number of phenols is 1. The van der Waals surface area contributed by atoms with Crippen LogP contribution in [0.4, 0.5) is 0 Å². The largest absolute Gasteiger partial charge is 0.508 e. The van der Waals surface area contributed by atoms with Gasteiger partial charge in [0.25, 0.3) is 5.91 Å². The third kappa shape index (κ3) is 5.81. The van der Waals surface area contributed by atoms with Gasteiger partial charge < -0.3 is 10.0 Å². The van der Waals surface area contributed by atoms with Gasteiger partial charge in [0, 0.05) is 37.3 Å². The molecule has 1 N–H and O–H groups in total. The predicted octanol–water partition coefficient (Wildman–Crippen LogP) is 7.63. The number of phenolic OH excluding ortho intramolecular Hbond substituents is 1. The number of hydrogen-bond donors (Lipinski definition) is 1. The summed E-state index contributed by atoms with van der Waals surface area (Å²) in [4.78, 5) is 17.5. The first-order valence-electron chi connectivity index (χ1n) is 14.6. The lowest BCUT2D eigenvalue weighted by atomic mass is 9.85. The highest BCUT2D eigenvalue weighted by Gasteiger charge is 2.39. The molecule has 2 aliphatic heterocycles. The van der Waals surface area contributed by atoms with Crippen molar-refractivity contribution in [3.05, 3.63) is 106 Å². The Morgan fingerprint density at radius 1 is 0.872 bits per heavy atom. The zero-order valence-corrected chi connectivity index (χ0v) is 23.9. The van der Waals surface area contributed by atoms with E-state index in [2.05, 4.69) is 61.2 Å². The monoisotopic (exact) mass is 522 g/mol. The molecule has 2 fully saturated rings. The molecule has 2 atom stereocenters. The summed E-state index contributed by atoms with van der Waals surface area (Å²) in [6, 6.07) is 26.0. The molecule has 2 aliphatic rings. The smallest absolute Gasteiger partial charge is 0.253 e. The molecule has 2 heterocycles. The molecule has 4 heteroatoms. The van der Waals surface area contributed by atoms with Crippen molar-refractivity contribution in [2.24, 2.45) is 0 Å². The second kappa shape index (κ2) is 11.8. The topological polar surface area (TPSA) is 43.8 Å². The number of amides is 1. The first-order valence-corrected chi connectivity index (χ1v) is 14.6. The molecule has 39 heavy (non-hydrogen) atoms. The molecular formula is C35H42N2O2. The van der Waals surface area contributed by atoms with Gasteiger partial charge in [-0.15, -0.1) is 0 Å². The van der Waals surface area contributed by atoms with Crippen LogP contribution in [0.1, 0.15) is 91.9 Å². The van der Waals surface area contributed by atoms with Crippen molar-refractivity contribution in [1.29, 1.82) is 0 Å². The van der Waals surface area contributed by atoms with Crippen molar-refractivity contribution in [2.45, 2.75) is 77.9 Å². The lowest BCUT2D eigenvalue weighted by Gasteiger charge is -2.37. The fourth-order valence-corrected chi connectivity index (χ4v) is 6.50. The van der Waals surface area contributed by atoms with Crippen molar-refractivity contribution in [1.82, 2.24) is 9.80 Å². The average Bonchev–Trinajstić information content (AvgIpc) is 3.16. The highest BCUT2D eigenvalue weighted by molar-refractivity contribution is 5.95. The number of aromatic hydroxyl groups is 1. The lowest BCUT2D eigenvalue weighted by molar-refractivity contribution is 0.0773. The maximum absolute atomic E-state index is 12.9. The number of piperidine rings is 1. The van der Waals surface area contributed by atoms with Crippen LogP contribution in [0.2, 0.25) is 0 Å². The minimum atomic E-state index is 0.0749. The number of carbonyl (C=O) groups excluding carboxylic acids is 1. The molecule has 3 aromatic rings. The Kier molecular flexibility index (Phi) is 8.23. The van der Waals surface area contributed by atoms with Gasteiger partial charge in [0.1, 0.15) is 5.75 Å². The van der Waals surface area contributed by atoms with E-state index in [0.717, 1.165) is 36.1 Å². The molecular weight excluding hydrogens is 480 g/mol. The summed E-state index contributed by atoms with van der Waals surface area (Å²) in [5, 5.41) is 10.3. The van der Waals surface area contributed by atoms with Gasteiger partial charge >= 0.3 is 0 Å². The summed E-state index contributed by atoms with van der Waals surface area (Å²) in [5.41, 5.74) is 8.35. The van der Waals surface area contributed by atoms with Crippen molar-refractivity contribution in [2.75, 3.05) is 13.1 Å². The minimum absolute atomic E-state index is 0.0749. The number of carbonyl (C=O) groups is 1. The minimum Gasteiger partial charge on any atom is -0.508 e. The molecule has 5 rings (SSSR count). The van der Waals surface area contributed by atoms with Gasteiger partial charge in [-0.3, -0.25) is 9.69 Å². The summed E-state index contributed by atoms with van der Waals surface area (Å²) in [7, 11) is 0. The lowest BCUT2D eigenvalue weighted by Crippen LogP contribution is -2.40. The molecule has 204 valence electrons. The standard InChI is InChI=1S/C35H42N2O2/c1-5-36(6-2)35(39)28-16-14-27(15-17-28)34(29-8-7-9-33(38)22-29)30-20-31-18-19-32(21-30)37(31)23-25-10-12-26(13-11-25)24(3)4/h7-17,22,24,31-32,38H,5-6,18-21,23H2,1-4H3. The maximum atomic E-state index is 12.9. The van der Waals surface area contributed by atoms with Crippen molar-refractivity contribution >= 4 is 11.5 Å². The van der Waals surface area contributed by atoms with E-state index in [9.17, 15) is 9.90 Å². The Hall–Kier alpha value is -3.37. The summed E-state index contributed by atoms with van der Waals surface area (Å²) < 4.78 is 0. The first-order chi connectivity index (χ1) is 18.9.